The fourth-order valence-electron chi connectivity index (χ4n) is 1.78. The molecule has 0 saturated carbocycles. The molecule has 0 unspecified atom stereocenters. The second kappa shape index (κ2) is 6.51. The Morgan fingerprint density at radius 2 is 1.50 bits per heavy atom. The third-order valence-electron chi connectivity index (χ3n) is 2.95. The van der Waals surface area contributed by atoms with Gasteiger partial charge < -0.3 is 9.97 Å². The molecule has 0 atom stereocenters. The predicted molar refractivity (Wildman–Crippen MR) is 84.2 cm³/mol. The molecule has 0 bridgehead atoms. The van der Waals surface area contributed by atoms with E-state index in [4.69, 9.17) is 0 Å². The Kier molecular flexibility index (Phi) is 4.08. The van der Waals surface area contributed by atoms with Crippen LogP contribution in [0.2, 0.25) is 0 Å². The molecule has 2 heterocycles. The first-order valence-electron chi connectivity index (χ1n) is 6.89. The first kappa shape index (κ1) is 13.8. The van der Waals surface area contributed by atoms with E-state index >= 15 is 0 Å². The first-order valence-corrected chi connectivity index (χ1v) is 6.89. The molecule has 3 aromatic rings. The maximum Gasteiger partial charge on any atom is 0.188 e. The van der Waals surface area contributed by atoms with E-state index in [9.17, 15) is 0 Å². The lowest BCUT2D eigenvalue weighted by Crippen LogP contribution is -2.26. The van der Waals surface area contributed by atoms with Gasteiger partial charge >= 0.3 is 0 Å². The molecule has 0 aliphatic carbocycles. The van der Waals surface area contributed by atoms with E-state index in [1.807, 2.05) is 54.9 Å². The third-order valence-corrected chi connectivity index (χ3v) is 2.95. The minimum absolute atomic E-state index is 0.400. The topological polar surface area (TPSA) is 43.8 Å². The lowest BCUT2D eigenvalue weighted by molar-refractivity contribution is -0.619. The molecule has 2 aromatic heterocycles. The summed E-state index contributed by atoms with van der Waals surface area (Å²) in [6.07, 6.45) is 7.01. The number of rotatable bonds is 2. The molecule has 4 heteroatoms. The summed E-state index contributed by atoms with van der Waals surface area (Å²) >= 11 is 0. The van der Waals surface area contributed by atoms with Crippen LogP contribution in [0.25, 0.3) is 5.43 Å². The molecule has 0 aliphatic heterocycles. The van der Waals surface area contributed by atoms with Crippen LogP contribution in [0, 0.1) is 18.8 Å². The number of aromatic nitrogens is 3. The van der Waals surface area contributed by atoms with Crippen LogP contribution in [0.3, 0.4) is 0 Å². The summed E-state index contributed by atoms with van der Waals surface area (Å²) in [4.78, 5) is 8.40. The molecule has 3 rings (SSSR count). The second-order valence-corrected chi connectivity index (χ2v) is 4.74. The fraction of sp³-hybridized carbons (Fsp3) is 0.0556. The van der Waals surface area contributed by atoms with E-state index in [-0.39, 0.29) is 0 Å². The van der Waals surface area contributed by atoms with Crippen molar-refractivity contribution in [2.45, 2.75) is 6.92 Å². The molecule has 0 N–H and O–H groups in total. The van der Waals surface area contributed by atoms with Gasteiger partial charge in [-0.15, -0.1) is 10.1 Å². The van der Waals surface area contributed by atoms with Crippen LogP contribution in [0.1, 0.15) is 16.7 Å². The van der Waals surface area contributed by atoms with E-state index in [0.717, 1.165) is 11.1 Å². The number of hydrogen-bond acceptors (Lipinski definition) is 2. The van der Waals surface area contributed by atoms with Gasteiger partial charge in [0, 0.05) is 23.3 Å². The van der Waals surface area contributed by atoms with Gasteiger partial charge in [0.15, 0.2) is 12.4 Å². The zero-order valence-electron chi connectivity index (χ0n) is 12.1. The van der Waals surface area contributed by atoms with Crippen molar-refractivity contribution in [3.63, 3.8) is 0 Å². The lowest BCUT2D eigenvalue weighted by atomic mass is 10.1. The minimum Gasteiger partial charge on any atom is -0.361 e. The van der Waals surface area contributed by atoms with Gasteiger partial charge in [-0.2, -0.15) is 0 Å². The fourth-order valence-corrected chi connectivity index (χ4v) is 1.78. The largest absolute Gasteiger partial charge is 0.361 e. The Morgan fingerprint density at radius 1 is 0.864 bits per heavy atom. The van der Waals surface area contributed by atoms with Gasteiger partial charge in [0.25, 0.3) is 0 Å². The smallest absolute Gasteiger partial charge is 0.188 e. The lowest BCUT2D eigenvalue weighted by Gasteiger charge is -2.05. The average molecular weight is 286 g/mol. The molecule has 106 valence electrons. The van der Waals surface area contributed by atoms with Gasteiger partial charge in [-0.25, -0.2) is 0 Å². The Labute approximate surface area is 129 Å². The van der Waals surface area contributed by atoms with Crippen LogP contribution < -0.4 is 4.68 Å². The van der Waals surface area contributed by atoms with E-state index in [1.165, 1.54) is 5.56 Å². The molecule has 0 spiro atoms. The normalized spacial score (nSPS) is 9.68. The van der Waals surface area contributed by atoms with Crippen molar-refractivity contribution in [1.29, 1.82) is 0 Å². The van der Waals surface area contributed by atoms with Gasteiger partial charge in [-0.3, -0.25) is 0 Å². The van der Waals surface area contributed by atoms with Crippen LogP contribution in [0.4, 0.5) is 5.95 Å². The highest BCUT2D eigenvalue weighted by Crippen LogP contribution is 2.07. The van der Waals surface area contributed by atoms with Gasteiger partial charge in [-0.05, 0) is 31.5 Å². The Hall–Kier alpha value is -3.19. The molecule has 0 fully saturated rings. The van der Waals surface area contributed by atoms with E-state index in [2.05, 4.69) is 34.2 Å². The van der Waals surface area contributed by atoms with Crippen LogP contribution in [0.15, 0.2) is 67.3 Å². The molecular formula is C18H14N4. The molecule has 0 saturated heterocycles. The Balaban J connectivity index is 1.71. The van der Waals surface area contributed by atoms with Crippen molar-refractivity contribution in [3.05, 3.63) is 89.4 Å². The summed E-state index contributed by atoms with van der Waals surface area (Å²) in [6.45, 7) is 2.05. The van der Waals surface area contributed by atoms with Crippen LogP contribution in [-0.2, 0) is 0 Å². The van der Waals surface area contributed by atoms with E-state index < -0.39 is 0 Å². The summed E-state index contributed by atoms with van der Waals surface area (Å²) in [7, 11) is 0. The van der Waals surface area contributed by atoms with Crippen molar-refractivity contribution >= 4 is 5.95 Å². The second-order valence-electron chi connectivity index (χ2n) is 4.74. The van der Waals surface area contributed by atoms with Crippen molar-refractivity contribution in [2.24, 2.45) is 0 Å². The summed E-state index contributed by atoms with van der Waals surface area (Å²) in [6, 6.07) is 13.8. The van der Waals surface area contributed by atoms with Crippen molar-refractivity contribution in [3.8, 4) is 11.8 Å². The number of aryl methyl sites for hydroxylation is 1. The highest BCUT2D eigenvalue weighted by Gasteiger charge is 1.95. The number of benzene rings is 1. The molecular weight excluding hydrogens is 272 g/mol. The van der Waals surface area contributed by atoms with Crippen LogP contribution >= 0.6 is 0 Å². The third kappa shape index (κ3) is 3.68. The summed E-state index contributed by atoms with van der Waals surface area (Å²) < 4.78 is 1.66. The summed E-state index contributed by atoms with van der Waals surface area (Å²) in [5.41, 5.74) is 7.21. The first-order chi connectivity index (χ1) is 10.8. The van der Waals surface area contributed by atoms with E-state index in [0.29, 0.717) is 5.95 Å². The Morgan fingerprint density at radius 3 is 2.18 bits per heavy atom. The van der Waals surface area contributed by atoms with Crippen molar-refractivity contribution < 1.29 is 4.68 Å². The Bertz CT molecular complexity index is 798. The predicted octanol–water partition coefficient (Wildman–Crippen LogP) is 2.94. The van der Waals surface area contributed by atoms with Crippen LogP contribution in [0.5, 0.6) is 0 Å². The van der Waals surface area contributed by atoms with Crippen molar-refractivity contribution in [1.82, 2.24) is 9.97 Å². The summed E-state index contributed by atoms with van der Waals surface area (Å²) in [5.74, 6) is 6.54. The summed E-state index contributed by atoms with van der Waals surface area (Å²) in [5, 5.41) is 0. The molecule has 4 nitrogen and oxygen atoms in total. The number of pyridine rings is 1. The monoisotopic (exact) mass is 286 g/mol. The molecule has 0 radical (unpaired) electrons. The molecule has 0 aliphatic rings. The standard InChI is InChI=1S/C18H14N4/c1-15-5-7-16(8-6-15)9-10-17-13-19-18(20-14-17)21-22-11-3-2-4-12-22/h2-8,11-14H,1H3. The number of nitrogens with zero attached hydrogens (tertiary/aromatic N) is 4. The van der Waals surface area contributed by atoms with Gasteiger partial charge in [0.1, 0.15) is 0 Å². The maximum atomic E-state index is 4.26. The van der Waals surface area contributed by atoms with Gasteiger partial charge in [-0.1, -0.05) is 35.6 Å². The zero-order valence-corrected chi connectivity index (χ0v) is 12.1. The molecule has 1 aromatic carbocycles. The van der Waals surface area contributed by atoms with E-state index in [1.54, 1.807) is 17.1 Å². The van der Waals surface area contributed by atoms with Gasteiger partial charge in [0.2, 0.25) is 0 Å². The quantitative estimate of drug-likeness (QED) is 0.537. The average Bonchev–Trinajstić information content (AvgIpc) is 2.57. The zero-order chi connectivity index (χ0) is 15.2. The SMILES string of the molecule is Cc1ccc(C#Cc2cnc([N-][n+]3ccccc3)nc2)cc1. The maximum absolute atomic E-state index is 4.26. The van der Waals surface area contributed by atoms with Crippen molar-refractivity contribution in [2.75, 3.05) is 0 Å². The minimum atomic E-state index is 0.400. The molecule has 22 heavy (non-hydrogen) atoms. The highest BCUT2D eigenvalue weighted by molar-refractivity contribution is 5.42. The number of hydrogen-bond donors (Lipinski definition) is 0. The highest BCUT2D eigenvalue weighted by atomic mass is 15.4. The van der Waals surface area contributed by atoms with Crippen LogP contribution in [-0.4, -0.2) is 9.97 Å². The molecule has 0 amide bonds. The van der Waals surface area contributed by atoms with Gasteiger partial charge in [0.05, 0.1) is 5.95 Å².